The zero-order chi connectivity index (χ0) is 18.9. The van der Waals surface area contributed by atoms with Gasteiger partial charge in [0.2, 0.25) is 0 Å². The lowest BCUT2D eigenvalue weighted by Crippen LogP contribution is -2.24. The summed E-state index contributed by atoms with van der Waals surface area (Å²) < 4.78 is 31.9. The van der Waals surface area contributed by atoms with Crippen LogP contribution in [0, 0.1) is 11.6 Å². The molecular formula is C19H17F2NO4. The molecule has 0 aliphatic rings. The highest BCUT2D eigenvalue weighted by molar-refractivity contribution is 5.88. The Kier molecular flexibility index (Phi) is 6.84. The molecule has 0 spiro atoms. The molecule has 0 unspecified atom stereocenters. The zero-order valence-corrected chi connectivity index (χ0v) is 13.7. The number of amides is 1. The smallest absolute Gasteiger partial charge is 0.407 e. The second kappa shape index (κ2) is 9.31. The van der Waals surface area contributed by atoms with Gasteiger partial charge in [-0.3, -0.25) is 0 Å². The Hall–Kier alpha value is -3.22. The zero-order valence-electron chi connectivity index (χ0n) is 13.7. The number of rotatable bonds is 7. The second-order valence-electron chi connectivity index (χ2n) is 5.34. The summed E-state index contributed by atoms with van der Waals surface area (Å²) in [5.41, 5.74) is 0.215. The molecule has 0 bridgehead atoms. The van der Waals surface area contributed by atoms with Crippen molar-refractivity contribution >= 4 is 18.1 Å². The first-order valence-electron chi connectivity index (χ1n) is 7.81. The normalized spacial score (nSPS) is 10.7. The minimum absolute atomic E-state index is 0.0459. The molecule has 0 aliphatic heterocycles. The van der Waals surface area contributed by atoms with E-state index >= 15 is 0 Å². The highest BCUT2D eigenvalue weighted by Gasteiger charge is 2.13. The van der Waals surface area contributed by atoms with E-state index in [0.29, 0.717) is 12.5 Å². The first-order valence-corrected chi connectivity index (χ1v) is 7.81. The van der Waals surface area contributed by atoms with Gasteiger partial charge in [0.15, 0.2) is 0 Å². The van der Waals surface area contributed by atoms with Crippen molar-refractivity contribution in [2.45, 2.75) is 13.0 Å². The number of carboxylic acid groups (broad SMARTS) is 1. The Balaban J connectivity index is 1.78. The van der Waals surface area contributed by atoms with Gasteiger partial charge in [-0.2, -0.15) is 0 Å². The number of ether oxygens (including phenoxy) is 1. The van der Waals surface area contributed by atoms with Crippen molar-refractivity contribution in [3.63, 3.8) is 0 Å². The van der Waals surface area contributed by atoms with Gasteiger partial charge in [-0.1, -0.05) is 42.5 Å². The average molecular weight is 361 g/mol. The fraction of sp³-hybridized carbons (Fsp3) is 0.158. The Morgan fingerprint density at radius 2 is 1.85 bits per heavy atom. The van der Waals surface area contributed by atoms with Gasteiger partial charge in [-0.05, 0) is 18.1 Å². The largest absolute Gasteiger partial charge is 0.478 e. The molecule has 2 aromatic rings. The minimum Gasteiger partial charge on any atom is -0.478 e. The Bertz CT molecular complexity index is 807. The Morgan fingerprint density at radius 3 is 2.54 bits per heavy atom. The number of carbonyl (C=O) groups is 2. The molecule has 0 saturated heterocycles. The molecular weight excluding hydrogens is 344 g/mol. The van der Waals surface area contributed by atoms with Crippen molar-refractivity contribution in [2.24, 2.45) is 0 Å². The predicted molar refractivity (Wildman–Crippen MR) is 91.6 cm³/mol. The van der Waals surface area contributed by atoms with E-state index in [1.807, 2.05) is 30.3 Å². The van der Waals surface area contributed by atoms with Crippen molar-refractivity contribution in [2.75, 3.05) is 6.54 Å². The summed E-state index contributed by atoms with van der Waals surface area (Å²) in [7, 11) is 0. The van der Waals surface area contributed by atoms with Gasteiger partial charge in [0.1, 0.15) is 18.2 Å². The second-order valence-corrected chi connectivity index (χ2v) is 5.34. The minimum atomic E-state index is -1.47. The van der Waals surface area contributed by atoms with E-state index in [9.17, 15) is 18.4 Å². The van der Waals surface area contributed by atoms with Crippen molar-refractivity contribution in [3.05, 3.63) is 76.9 Å². The van der Waals surface area contributed by atoms with Crippen LogP contribution in [0.15, 0.2) is 48.5 Å². The van der Waals surface area contributed by atoms with E-state index in [4.69, 9.17) is 9.84 Å². The maximum atomic E-state index is 13.6. The standard InChI is InChI=1S/C19H17F2NO4/c20-16-11-17(21)15(18(23)24)10-14(16)8-4-5-9-22-19(25)26-12-13-6-2-1-3-7-13/h1-4,6-8,10-11H,5,9,12H2,(H,22,25)(H,23,24). The van der Waals surface area contributed by atoms with Crippen LogP contribution in [0.25, 0.3) is 6.08 Å². The number of hydrogen-bond donors (Lipinski definition) is 2. The fourth-order valence-electron chi connectivity index (χ4n) is 2.10. The molecule has 0 atom stereocenters. The number of halogens is 2. The van der Waals surface area contributed by atoms with Gasteiger partial charge in [0, 0.05) is 18.2 Å². The molecule has 1 amide bonds. The van der Waals surface area contributed by atoms with Crippen LogP contribution in [0.3, 0.4) is 0 Å². The third-order valence-corrected chi connectivity index (χ3v) is 3.41. The molecule has 0 fully saturated rings. The average Bonchev–Trinajstić information content (AvgIpc) is 2.61. The molecule has 0 aromatic heterocycles. The maximum absolute atomic E-state index is 13.6. The van der Waals surface area contributed by atoms with Crippen LogP contribution >= 0.6 is 0 Å². The van der Waals surface area contributed by atoms with Crippen LogP contribution in [0.1, 0.15) is 27.9 Å². The van der Waals surface area contributed by atoms with Crippen LogP contribution in [0.4, 0.5) is 13.6 Å². The number of hydrogen-bond acceptors (Lipinski definition) is 3. The van der Waals surface area contributed by atoms with Crippen LogP contribution in [-0.4, -0.2) is 23.7 Å². The van der Waals surface area contributed by atoms with Gasteiger partial charge >= 0.3 is 12.1 Å². The lowest BCUT2D eigenvalue weighted by atomic mass is 10.1. The maximum Gasteiger partial charge on any atom is 0.407 e. The van der Waals surface area contributed by atoms with Gasteiger partial charge < -0.3 is 15.2 Å². The van der Waals surface area contributed by atoms with E-state index < -0.39 is 29.3 Å². The molecule has 0 heterocycles. The third kappa shape index (κ3) is 5.70. The van der Waals surface area contributed by atoms with Crippen molar-refractivity contribution < 1.29 is 28.2 Å². The van der Waals surface area contributed by atoms with Gasteiger partial charge in [-0.15, -0.1) is 0 Å². The topological polar surface area (TPSA) is 75.6 Å². The van der Waals surface area contributed by atoms with E-state index in [1.165, 1.54) is 6.08 Å². The van der Waals surface area contributed by atoms with Crippen LogP contribution in [-0.2, 0) is 11.3 Å². The Morgan fingerprint density at radius 1 is 1.12 bits per heavy atom. The molecule has 0 radical (unpaired) electrons. The number of nitrogens with one attached hydrogen (secondary N) is 1. The van der Waals surface area contributed by atoms with E-state index in [2.05, 4.69) is 5.32 Å². The van der Waals surface area contributed by atoms with Crippen molar-refractivity contribution in [1.29, 1.82) is 0 Å². The fourth-order valence-corrected chi connectivity index (χ4v) is 2.10. The molecule has 2 N–H and O–H groups in total. The van der Waals surface area contributed by atoms with E-state index in [-0.39, 0.29) is 18.7 Å². The summed E-state index contributed by atoms with van der Waals surface area (Å²) >= 11 is 0. The number of benzene rings is 2. The van der Waals surface area contributed by atoms with Crippen LogP contribution < -0.4 is 5.32 Å². The predicted octanol–water partition coefficient (Wildman–Crippen LogP) is 3.99. The molecule has 2 rings (SSSR count). The lowest BCUT2D eigenvalue weighted by molar-refractivity contribution is 0.0691. The number of aromatic carboxylic acids is 1. The molecule has 5 nitrogen and oxygen atoms in total. The first-order chi connectivity index (χ1) is 12.5. The number of carbonyl (C=O) groups excluding carboxylic acids is 1. The van der Waals surface area contributed by atoms with E-state index in [0.717, 1.165) is 11.6 Å². The summed E-state index contributed by atoms with van der Waals surface area (Å²) in [5, 5.41) is 11.4. The van der Waals surface area contributed by atoms with E-state index in [1.54, 1.807) is 6.08 Å². The highest BCUT2D eigenvalue weighted by atomic mass is 19.1. The van der Waals surface area contributed by atoms with Crippen molar-refractivity contribution in [1.82, 2.24) is 5.32 Å². The van der Waals surface area contributed by atoms with Gasteiger partial charge in [0.25, 0.3) is 0 Å². The molecule has 26 heavy (non-hydrogen) atoms. The summed E-state index contributed by atoms with van der Waals surface area (Å²) in [6, 6.07) is 10.7. The molecule has 2 aromatic carbocycles. The monoisotopic (exact) mass is 361 g/mol. The molecule has 136 valence electrons. The molecule has 7 heteroatoms. The summed E-state index contributed by atoms with van der Waals surface area (Å²) in [6.07, 6.45) is 2.65. The summed E-state index contributed by atoms with van der Waals surface area (Å²) in [6.45, 7) is 0.403. The van der Waals surface area contributed by atoms with Crippen LogP contribution in [0.5, 0.6) is 0 Å². The lowest BCUT2D eigenvalue weighted by Gasteiger charge is -2.06. The Labute approximate surface area is 148 Å². The summed E-state index contributed by atoms with van der Waals surface area (Å²) in [4.78, 5) is 22.4. The SMILES string of the molecule is O=C(NCCC=Cc1cc(C(=O)O)c(F)cc1F)OCc1ccccc1. The first kappa shape index (κ1) is 19.1. The van der Waals surface area contributed by atoms with Gasteiger partial charge in [-0.25, -0.2) is 18.4 Å². The van der Waals surface area contributed by atoms with Crippen molar-refractivity contribution in [3.8, 4) is 0 Å². The quantitative estimate of drug-likeness (QED) is 0.731. The van der Waals surface area contributed by atoms with Crippen LogP contribution in [0.2, 0.25) is 0 Å². The third-order valence-electron chi connectivity index (χ3n) is 3.41. The molecule has 0 aliphatic carbocycles. The highest BCUT2D eigenvalue weighted by Crippen LogP contribution is 2.16. The molecule has 0 saturated carbocycles. The number of carboxylic acids is 1. The number of alkyl carbamates (subject to hydrolysis) is 1. The van der Waals surface area contributed by atoms with Gasteiger partial charge in [0.05, 0.1) is 5.56 Å². The summed E-state index contributed by atoms with van der Waals surface area (Å²) in [5.74, 6) is -3.46.